The molecule has 0 amide bonds. The number of aliphatic hydroxyl groups excluding tert-OH is 2. The quantitative estimate of drug-likeness (QED) is 0.0331. The van der Waals surface area contributed by atoms with Crippen molar-refractivity contribution in [3.05, 3.63) is 0 Å². The Labute approximate surface area is 521 Å². The number of unbranched alkanes of at least 4 members (excludes halogenated alkanes) is 12. The molecule has 4 fully saturated rings. The number of hydrogen-bond acceptors (Lipinski definition) is 15. The zero-order valence-electron chi connectivity index (χ0n) is 54.9. The van der Waals surface area contributed by atoms with E-state index in [-0.39, 0.29) is 119 Å². The lowest BCUT2D eigenvalue weighted by atomic mass is 9.80. The number of nitrogens with zero attached hydrogens (tertiary/aromatic N) is 1. The van der Waals surface area contributed by atoms with Crippen LogP contribution in [-0.2, 0) is 57.2 Å². The number of esters is 6. The third kappa shape index (κ3) is 33.0. The molecule has 15 nitrogen and oxygen atoms in total. The van der Waals surface area contributed by atoms with Crippen LogP contribution in [-0.4, -0.2) is 123 Å². The first-order valence-electron chi connectivity index (χ1n) is 35.8. The third-order valence-corrected chi connectivity index (χ3v) is 19.8. The Balaban J connectivity index is 1.17. The summed E-state index contributed by atoms with van der Waals surface area (Å²) in [6.45, 7) is 10.2. The van der Waals surface area contributed by atoms with Crippen LogP contribution in [0.25, 0.3) is 0 Å². The highest BCUT2D eigenvalue weighted by Gasteiger charge is 2.33. The summed E-state index contributed by atoms with van der Waals surface area (Å²) in [6.07, 6.45) is 38.4. The van der Waals surface area contributed by atoms with Crippen molar-refractivity contribution >= 4 is 35.8 Å². The molecule has 0 aromatic rings. The van der Waals surface area contributed by atoms with Crippen molar-refractivity contribution in [1.29, 1.82) is 0 Å². The lowest BCUT2D eigenvalue weighted by molar-refractivity contribution is -0.161. The average Bonchev–Trinajstić information content (AvgIpc) is 3.58. The second-order valence-electron chi connectivity index (χ2n) is 27.2. The van der Waals surface area contributed by atoms with E-state index in [0.717, 1.165) is 128 Å². The van der Waals surface area contributed by atoms with Crippen molar-refractivity contribution in [3.8, 4) is 0 Å². The SMILES string of the molecule is CCCCCC1CCC(C(=O)OCC(COC(=O)CCCCCN(CCCCCC(=O)OCC(COC(=O)C2CCC(CCCCC)CC2)COC(=O)C2CCC(CCCCC)CC2)C[C@@H](O)CO)COC(=O)C2CCC(CCCCC)CC2)CC1. The Morgan fingerprint density at radius 1 is 0.360 bits per heavy atom. The Morgan fingerprint density at radius 3 is 0.884 bits per heavy atom. The van der Waals surface area contributed by atoms with Gasteiger partial charge >= 0.3 is 35.8 Å². The Hall–Kier alpha value is -3.30. The lowest BCUT2D eigenvalue weighted by Crippen LogP contribution is -2.35. The van der Waals surface area contributed by atoms with Gasteiger partial charge in [-0.1, -0.05) is 143 Å². The van der Waals surface area contributed by atoms with Gasteiger partial charge in [-0.3, -0.25) is 28.8 Å². The van der Waals surface area contributed by atoms with E-state index in [1.54, 1.807) is 0 Å². The summed E-state index contributed by atoms with van der Waals surface area (Å²) in [5, 5.41) is 20.0. The molecule has 0 aliphatic heterocycles. The van der Waals surface area contributed by atoms with E-state index in [1.807, 2.05) is 0 Å². The van der Waals surface area contributed by atoms with Crippen LogP contribution in [0.5, 0.6) is 0 Å². The summed E-state index contributed by atoms with van der Waals surface area (Å²) in [6, 6.07) is 0. The van der Waals surface area contributed by atoms with Crippen LogP contribution in [0.15, 0.2) is 0 Å². The van der Waals surface area contributed by atoms with E-state index in [9.17, 15) is 39.0 Å². The van der Waals surface area contributed by atoms with E-state index >= 15 is 0 Å². The Kier molecular flexibility index (Phi) is 40.8. The van der Waals surface area contributed by atoms with E-state index in [2.05, 4.69) is 32.6 Å². The molecule has 1 atom stereocenters. The van der Waals surface area contributed by atoms with Gasteiger partial charge in [0.05, 0.1) is 48.2 Å². The van der Waals surface area contributed by atoms with Gasteiger partial charge in [0.15, 0.2) is 0 Å². The van der Waals surface area contributed by atoms with Crippen LogP contribution >= 0.6 is 0 Å². The van der Waals surface area contributed by atoms with Crippen molar-refractivity contribution < 1.29 is 67.4 Å². The standard InChI is InChI=1S/C71H125NO14/c1-5-9-15-23-55-29-37-61(38-30-55)68(77)83-51-59(52-84-69(78)62-39-31-56(32-40-62)24-16-10-6-2)49-81-66(75)27-19-13-21-45-72(47-65(74)48-73)46-22-14-20-28-67(76)82-50-60(53-85-70(79)63-41-33-57(34-42-63)25-17-11-7-3)54-86-71(80)64-43-35-58(36-44-64)26-18-12-8-4/h55-65,73-74H,5-54H2,1-4H3/t55?,56?,57?,58?,59?,60?,61?,62?,63?,64?,65-/m1/s1. The highest BCUT2D eigenvalue weighted by molar-refractivity contribution is 5.74. The molecule has 0 saturated heterocycles. The summed E-state index contributed by atoms with van der Waals surface area (Å²) < 4.78 is 34.9. The molecule has 0 unspecified atom stereocenters. The van der Waals surface area contributed by atoms with Crippen molar-refractivity contribution in [2.45, 2.75) is 291 Å². The van der Waals surface area contributed by atoms with Gasteiger partial charge in [0.25, 0.3) is 0 Å². The summed E-state index contributed by atoms with van der Waals surface area (Å²) >= 11 is 0. The van der Waals surface area contributed by atoms with Crippen LogP contribution in [0, 0.1) is 59.2 Å². The molecular formula is C71H125NO14. The molecule has 498 valence electrons. The molecular weight excluding hydrogens is 1090 g/mol. The fraction of sp³-hybridized carbons (Fsp3) is 0.915. The number of carbonyl (C=O) groups excluding carboxylic acids is 6. The maximum Gasteiger partial charge on any atom is 0.308 e. The van der Waals surface area contributed by atoms with Crippen molar-refractivity contribution in [2.75, 3.05) is 65.9 Å². The fourth-order valence-corrected chi connectivity index (χ4v) is 13.8. The maximum absolute atomic E-state index is 13.3. The summed E-state index contributed by atoms with van der Waals surface area (Å²) in [7, 11) is 0. The number of ether oxygens (including phenoxy) is 6. The molecule has 4 aliphatic rings. The molecule has 15 heteroatoms. The molecule has 4 aliphatic carbocycles. The molecule has 0 aromatic heterocycles. The van der Waals surface area contributed by atoms with Crippen molar-refractivity contribution in [2.24, 2.45) is 59.2 Å². The topological polar surface area (TPSA) is 201 Å². The maximum atomic E-state index is 13.3. The number of hydrogen-bond donors (Lipinski definition) is 2. The Morgan fingerprint density at radius 2 is 0.628 bits per heavy atom. The normalized spacial score (nSPS) is 23.6. The first kappa shape index (κ1) is 75.2. The van der Waals surface area contributed by atoms with Crippen LogP contribution in [0.1, 0.15) is 285 Å². The second kappa shape index (κ2) is 46.7. The summed E-state index contributed by atoms with van der Waals surface area (Å²) in [4.78, 5) is 81.4. The highest BCUT2D eigenvalue weighted by atomic mass is 16.6. The minimum absolute atomic E-state index is 0.00679. The van der Waals surface area contributed by atoms with Gasteiger partial charge in [-0.25, -0.2) is 0 Å². The predicted octanol–water partition coefficient (Wildman–Crippen LogP) is 14.8. The largest absolute Gasteiger partial charge is 0.465 e. The number of carbonyl (C=O) groups is 6. The van der Waals surface area contributed by atoms with Crippen LogP contribution < -0.4 is 0 Å². The predicted molar refractivity (Wildman–Crippen MR) is 338 cm³/mol. The zero-order valence-corrected chi connectivity index (χ0v) is 54.9. The van der Waals surface area contributed by atoms with E-state index < -0.39 is 17.9 Å². The fourth-order valence-electron chi connectivity index (χ4n) is 13.8. The summed E-state index contributed by atoms with van der Waals surface area (Å²) in [5.41, 5.74) is 0. The first-order valence-corrected chi connectivity index (χ1v) is 35.8. The van der Waals surface area contributed by atoms with Gasteiger partial charge in [-0.05, 0) is 165 Å². The van der Waals surface area contributed by atoms with Gasteiger partial charge in [-0.15, -0.1) is 0 Å². The second-order valence-corrected chi connectivity index (χ2v) is 27.2. The van der Waals surface area contributed by atoms with Gasteiger partial charge in [-0.2, -0.15) is 0 Å². The monoisotopic (exact) mass is 1220 g/mol. The molecule has 0 heterocycles. The molecule has 0 spiro atoms. The van der Waals surface area contributed by atoms with E-state index in [4.69, 9.17) is 28.4 Å². The molecule has 0 bridgehead atoms. The number of aliphatic hydroxyl groups is 2. The molecule has 4 rings (SSSR count). The van der Waals surface area contributed by atoms with Crippen molar-refractivity contribution in [3.63, 3.8) is 0 Å². The third-order valence-electron chi connectivity index (χ3n) is 19.8. The minimum Gasteiger partial charge on any atom is -0.465 e. The van der Waals surface area contributed by atoms with Crippen LogP contribution in [0.4, 0.5) is 0 Å². The molecule has 4 saturated carbocycles. The smallest absolute Gasteiger partial charge is 0.308 e. The van der Waals surface area contributed by atoms with Crippen LogP contribution in [0.2, 0.25) is 0 Å². The molecule has 86 heavy (non-hydrogen) atoms. The number of rotatable bonds is 47. The van der Waals surface area contributed by atoms with Gasteiger partial charge in [0.2, 0.25) is 0 Å². The highest BCUT2D eigenvalue weighted by Crippen LogP contribution is 2.37. The van der Waals surface area contributed by atoms with E-state index in [1.165, 1.54) is 103 Å². The van der Waals surface area contributed by atoms with Crippen molar-refractivity contribution in [1.82, 2.24) is 4.90 Å². The molecule has 0 aromatic carbocycles. The van der Waals surface area contributed by atoms with Crippen LogP contribution in [0.3, 0.4) is 0 Å². The molecule has 0 radical (unpaired) electrons. The first-order chi connectivity index (χ1) is 41.8. The van der Waals surface area contributed by atoms with Gasteiger partial charge in [0.1, 0.15) is 39.6 Å². The minimum atomic E-state index is -0.894. The van der Waals surface area contributed by atoms with Gasteiger partial charge < -0.3 is 43.5 Å². The van der Waals surface area contributed by atoms with E-state index in [0.29, 0.717) is 56.1 Å². The Bertz CT molecular complexity index is 1580. The molecule has 2 N–H and O–H groups in total. The van der Waals surface area contributed by atoms with Gasteiger partial charge in [0, 0.05) is 19.4 Å². The zero-order chi connectivity index (χ0) is 62.0. The summed E-state index contributed by atoms with van der Waals surface area (Å²) in [5.74, 6) is -0.300. The lowest BCUT2D eigenvalue weighted by Gasteiger charge is -2.28. The average molecular weight is 1220 g/mol.